The van der Waals surface area contributed by atoms with Gasteiger partial charge in [-0.25, -0.2) is 13.2 Å². The second kappa shape index (κ2) is 9.29. The van der Waals surface area contributed by atoms with Crippen molar-refractivity contribution in [3.05, 3.63) is 65.2 Å². The van der Waals surface area contributed by atoms with E-state index in [1.54, 1.807) is 4.90 Å². The molecule has 0 radical (unpaired) electrons. The van der Waals surface area contributed by atoms with Gasteiger partial charge in [0.2, 0.25) is 15.9 Å². The van der Waals surface area contributed by atoms with E-state index in [4.69, 9.17) is 4.74 Å². The minimum Gasteiger partial charge on any atom is -0.457 e. The molecule has 3 rings (SSSR count). The molecule has 1 saturated heterocycles. The minimum absolute atomic E-state index is 0.00911. The highest BCUT2D eigenvalue weighted by Gasteiger charge is 2.33. The van der Waals surface area contributed by atoms with Crippen molar-refractivity contribution in [3.8, 4) is 0 Å². The van der Waals surface area contributed by atoms with Crippen molar-refractivity contribution in [3.63, 3.8) is 0 Å². The van der Waals surface area contributed by atoms with Gasteiger partial charge in [-0.3, -0.25) is 4.79 Å². The second-order valence-corrected chi connectivity index (χ2v) is 9.10. The molecular weight excluding hydrogens is 449 g/mol. The Morgan fingerprint density at radius 1 is 0.969 bits per heavy atom. The van der Waals surface area contributed by atoms with E-state index in [0.717, 1.165) is 6.07 Å². The predicted octanol–water partition coefficient (Wildman–Crippen LogP) is 2.92. The van der Waals surface area contributed by atoms with Crippen molar-refractivity contribution in [1.29, 1.82) is 0 Å². The van der Waals surface area contributed by atoms with E-state index in [2.05, 4.69) is 0 Å². The van der Waals surface area contributed by atoms with Gasteiger partial charge >= 0.3 is 12.1 Å². The number of hydrogen-bond acceptors (Lipinski definition) is 5. The maximum absolute atomic E-state index is 13.0. The van der Waals surface area contributed by atoms with Crippen LogP contribution in [0.1, 0.15) is 28.4 Å². The van der Waals surface area contributed by atoms with Crippen LogP contribution in [0.4, 0.5) is 13.2 Å². The third kappa shape index (κ3) is 5.28. The Hall–Kier alpha value is -2.92. The number of esters is 1. The van der Waals surface area contributed by atoms with Crippen molar-refractivity contribution < 1.29 is 35.9 Å². The fourth-order valence-electron chi connectivity index (χ4n) is 3.30. The van der Waals surface area contributed by atoms with E-state index in [1.165, 1.54) is 53.7 Å². The van der Waals surface area contributed by atoms with Gasteiger partial charge < -0.3 is 9.64 Å². The molecule has 11 heteroatoms. The van der Waals surface area contributed by atoms with Crippen LogP contribution in [0, 0.1) is 0 Å². The second-order valence-electron chi connectivity index (χ2n) is 7.17. The summed E-state index contributed by atoms with van der Waals surface area (Å²) < 4.78 is 71.0. The molecule has 1 aliphatic rings. The molecule has 0 spiro atoms. The van der Waals surface area contributed by atoms with Crippen molar-refractivity contribution >= 4 is 21.9 Å². The number of alkyl halides is 3. The number of sulfonamides is 1. The SMILES string of the molecule is CC(=O)N1CCN(S(=O)(=O)c2ccc(C(=O)OCc3ccccc3C(F)(F)F)cc2)CC1. The molecule has 1 aliphatic heterocycles. The van der Waals surface area contributed by atoms with Crippen LogP contribution in [-0.4, -0.2) is 55.7 Å². The van der Waals surface area contributed by atoms with Gasteiger partial charge in [0, 0.05) is 38.7 Å². The number of carbonyl (C=O) groups excluding carboxylic acids is 2. The molecule has 0 N–H and O–H groups in total. The van der Waals surface area contributed by atoms with E-state index in [9.17, 15) is 31.2 Å². The number of carbonyl (C=O) groups is 2. The molecule has 1 amide bonds. The molecule has 2 aromatic rings. The molecule has 32 heavy (non-hydrogen) atoms. The summed E-state index contributed by atoms with van der Waals surface area (Å²) in [6.07, 6.45) is -4.57. The van der Waals surface area contributed by atoms with Crippen LogP contribution in [0.2, 0.25) is 0 Å². The number of amides is 1. The topological polar surface area (TPSA) is 84.0 Å². The Morgan fingerprint density at radius 2 is 1.56 bits per heavy atom. The summed E-state index contributed by atoms with van der Waals surface area (Å²) in [5.41, 5.74) is -1.06. The first-order valence-electron chi connectivity index (χ1n) is 9.68. The van der Waals surface area contributed by atoms with E-state index in [0.29, 0.717) is 13.1 Å². The van der Waals surface area contributed by atoms with Crippen molar-refractivity contribution in [2.45, 2.75) is 24.6 Å². The summed E-state index contributed by atoms with van der Waals surface area (Å²) in [7, 11) is -3.81. The maximum Gasteiger partial charge on any atom is 0.416 e. The van der Waals surface area contributed by atoms with Gasteiger partial charge in [-0.05, 0) is 30.3 Å². The van der Waals surface area contributed by atoms with Crippen LogP contribution in [0.3, 0.4) is 0 Å². The van der Waals surface area contributed by atoms with E-state index in [1.807, 2.05) is 0 Å². The fraction of sp³-hybridized carbons (Fsp3) is 0.333. The molecular formula is C21H21F3N2O5S. The van der Waals surface area contributed by atoms with Gasteiger partial charge in [0.15, 0.2) is 0 Å². The summed E-state index contributed by atoms with van der Waals surface area (Å²) in [6, 6.07) is 9.76. The summed E-state index contributed by atoms with van der Waals surface area (Å²) >= 11 is 0. The van der Waals surface area contributed by atoms with Crippen LogP contribution < -0.4 is 0 Å². The molecule has 2 aromatic carbocycles. The summed E-state index contributed by atoms with van der Waals surface area (Å²) in [4.78, 5) is 25.2. The molecule has 0 unspecified atom stereocenters. The summed E-state index contributed by atoms with van der Waals surface area (Å²) in [5, 5.41) is 0. The molecule has 0 saturated carbocycles. The Bertz CT molecular complexity index is 1090. The average Bonchev–Trinajstić information content (AvgIpc) is 2.77. The average molecular weight is 470 g/mol. The van der Waals surface area contributed by atoms with E-state index in [-0.39, 0.29) is 35.0 Å². The van der Waals surface area contributed by atoms with Gasteiger partial charge in [0.05, 0.1) is 16.0 Å². The van der Waals surface area contributed by atoms with E-state index >= 15 is 0 Å². The highest BCUT2D eigenvalue weighted by atomic mass is 32.2. The summed E-state index contributed by atoms with van der Waals surface area (Å²) in [5.74, 6) is -0.997. The number of benzene rings is 2. The standard InChI is InChI=1S/C21H21F3N2O5S/c1-15(27)25-10-12-26(13-11-25)32(29,30)18-8-6-16(7-9-18)20(28)31-14-17-4-2-3-5-19(17)21(22,23)24/h2-9H,10-14H2,1H3. The molecule has 0 aromatic heterocycles. The lowest BCUT2D eigenvalue weighted by Gasteiger charge is -2.33. The van der Waals surface area contributed by atoms with Gasteiger partial charge in [-0.1, -0.05) is 18.2 Å². The van der Waals surface area contributed by atoms with Crippen LogP contribution in [0.25, 0.3) is 0 Å². The lowest BCUT2D eigenvalue weighted by molar-refractivity contribution is -0.138. The predicted molar refractivity (Wildman–Crippen MR) is 108 cm³/mol. The normalized spacial score (nSPS) is 15.4. The molecule has 7 nitrogen and oxygen atoms in total. The van der Waals surface area contributed by atoms with Crippen molar-refractivity contribution in [1.82, 2.24) is 9.21 Å². The monoisotopic (exact) mass is 470 g/mol. The minimum atomic E-state index is -4.57. The van der Waals surface area contributed by atoms with Gasteiger partial charge in [0.1, 0.15) is 6.61 Å². The highest BCUT2D eigenvalue weighted by molar-refractivity contribution is 7.89. The van der Waals surface area contributed by atoms with E-state index < -0.39 is 34.3 Å². The number of piperazine rings is 1. The zero-order valence-electron chi connectivity index (χ0n) is 17.1. The zero-order chi connectivity index (χ0) is 23.5. The maximum atomic E-state index is 13.0. The molecule has 1 heterocycles. The van der Waals surface area contributed by atoms with Gasteiger partial charge in [-0.2, -0.15) is 17.5 Å². The number of nitrogens with zero attached hydrogens (tertiary/aromatic N) is 2. The van der Waals surface area contributed by atoms with Crippen LogP contribution in [0.5, 0.6) is 0 Å². The Kier molecular flexibility index (Phi) is 6.89. The van der Waals surface area contributed by atoms with Crippen molar-refractivity contribution in [2.75, 3.05) is 26.2 Å². The number of halogens is 3. The molecule has 1 fully saturated rings. The molecule has 0 bridgehead atoms. The quantitative estimate of drug-likeness (QED) is 0.628. The smallest absolute Gasteiger partial charge is 0.416 e. The highest BCUT2D eigenvalue weighted by Crippen LogP contribution is 2.32. The Balaban J connectivity index is 1.66. The number of rotatable bonds is 5. The third-order valence-electron chi connectivity index (χ3n) is 5.09. The number of ether oxygens (including phenoxy) is 1. The van der Waals surface area contributed by atoms with Gasteiger partial charge in [0.25, 0.3) is 0 Å². The largest absolute Gasteiger partial charge is 0.457 e. The lowest BCUT2D eigenvalue weighted by atomic mass is 10.1. The van der Waals surface area contributed by atoms with Crippen LogP contribution >= 0.6 is 0 Å². The first-order valence-corrected chi connectivity index (χ1v) is 11.1. The Morgan fingerprint density at radius 3 is 2.12 bits per heavy atom. The first kappa shape index (κ1) is 23.7. The van der Waals surface area contributed by atoms with Gasteiger partial charge in [-0.15, -0.1) is 0 Å². The number of hydrogen-bond donors (Lipinski definition) is 0. The molecule has 172 valence electrons. The zero-order valence-corrected chi connectivity index (χ0v) is 17.9. The van der Waals surface area contributed by atoms with Crippen LogP contribution in [0.15, 0.2) is 53.4 Å². The Labute approximate surface area is 183 Å². The molecule has 0 aliphatic carbocycles. The lowest BCUT2D eigenvalue weighted by Crippen LogP contribution is -2.49. The molecule has 0 atom stereocenters. The summed E-state index contributed by atoms with van der Waals surface area (Å²) in [6.45, 7) is 1.74. The van der Waals surface area contributed by atoms with Crippen molar-refractivity contribution in [2.24, 2.45) is 0 Å². The third-order valence-corrected chi connectivity index (χ3v) is 7.01. The first-order chi connectivity index (χ1) is 15.0. The fourth-order valence-corrected chi connectivity index (χ4v) is 4.73. The van der Waals surface area contributed by atoms with Crippen LogP contribution in [-0.2, 0) is 32.3 Å².